The second-order valence-corrected chi connectivity index (χ2v) is 4.81. The van der Waals surface area contributed by atoms with E-state index < -0.39 is 6.04 Å². The molecule has 1 aromatic carbocycles. The number of aromatic amines is 1. The highest BCUT2D eigenvalue weighted by molar-refractivity contribution is 5.93. The number of nitrogens with one attached hydrogen (secondary N) is 2. The number of aromatic nitrogens is 3. The molecule has 21 heavy (non-hydrogen) atoms. The molecule has 108 valence electrons. The van der Waals surface area contributed by atoms with Crippen molar-refractivity contribution in [3.05, 3.63) is 41.9 Å². The zero-order valence-corrected chi connectivity index (χ0v) is 11.5. The van der Waals surface area contributed by atoms with Crippen molar-refractivity contribution in [1.29, 1.82) is 0 Å². The number of benzene rings is 1. The molecular formula is C14H15N5O2. The molecule has 1 atom stereocenters. The molecule has 0 saturated heterocycles. The molecular weight excluding hydrogens is 270 g/mol. The van der Waals surface area contributed by atoms with Crippen molar-refractivity contribution in [1.82, 2.24) is 15.1 Å². The second kappa shape index (κ2) is 5.37. The third kappa shape index (κ3) is 2.77. The predicted octanol–water partition coefficient (Wildman–Crippen LogP) is 1.37. The van der Waals surface area contributed by atoms with Crippen LogP contribution in [0.4, 0.5) is 6.01 Å². The molecule has 0 saturated carbocycles. The largest absolute Gasteiger partial charge is 0.361 e. The van der Waals surface area contributed by atoms with Crippen LogP contribution in [0.5, 0.6) is 0 Å². The van der Waals surface area contributed by atoms with Gasteiger partial charge < -0.3 is 15.2 Å². The number of para-hydroxylation sites is 1. The van der Waals surface area contributed by atoms with Crippen LogP contribution in [-0.4, -0.2) is 27.1 Å². The average molecular weight is 285 g/mol. The van der Waals surface area contributed by atoms with Crippen LogP contribution in [0, 0.1) is 6.92 Å². The van der Waals surface area contributed by atoms with Gasteiger partial charge in [0.1, 0.15) is 0 Å². The molecule has 0 fully saturated rings. The Morgan fingerprint density at radius 1 is 1.48 bits per heavy atom. The van der Waals surface area contributed by atoms with E-state index in [4.69, 9.17) is 10.3 Å². The summed E-state index contributed by atoms with van der Waals surface area (Å²) in [4.78, 5) is 19.1. The highest BCUT2D eigenvalue weighted by atomic mass is 16.5. The summed E-state index contributed by atoms with van der Waals surface area (Å²) in [7, 11) is 0. The predicted molar refractivity (Wildman–Crippen MR) is 77.6 cm³/mol. The third-order valence-corrected chi connectivity index (χ3v) is 3.21. The van der Waals surface area contributed by atoms with E-state index in [0.29, 0.717) is 12.2 Å². The molecule has 2 heterocycles. The van der Waals surface area contributed by atoms with Crippen LogP contribution in [0.15, 0.2) is 35.0 Å². The zero-order valence-electron chi connectivity index (χ0n) is 11.5. The number of hydrogen-bond donors (Lipinski definition) is 3. The van der Waals surface area contributed by atoms with Crippen molar-refractivity contribution < 1.29 is 9.32 Å². The van der Waals surface area contributed by atoms with E-state index in [2.05, 4.69) is 20.4 Å². The van der Waals surface area contributed by atoms with Gasteiger partial charge in [-0.25, -0.2) is 0 Å². The zero-order chi connectivity index (χ0) is 14.8. The summed E-state index contributed by atoms with van der Waals surface area (Å²) in [5, 5.41) is 7.17. The number of rotatable bonds is 4. The van der Waals surface area contributed by atoms with E-state index in [1.54, 1.807) is 6.92 Å². The molecule has 0 bridgehead atoms. The fourth-order valence-corrected chi connectivity index (χ4v) is 2.18. The Bertz CT molecular complexity index is 776. The van der Waals surface area contributed by atoms with Crippen molar-refractivity contribution in [3.63, 3.8) is 0 Å². The molecule has 1 amide bonds. The van der Waals surface area contributed by atoms with Gasteiger partial charge in [-0.05, 0) is 25.0 Å². The molecule has 0 radical (unpaired) electrons. The molecule has 0 spiro atoms. The summed E-state index contributed by atoms with van der Waals surface area (Å²) < 4.78 is 4.84. The third-order valence-electron chi connectivity index (χ3n) is 3.21. The van der Waals surface area contributed by atoms with E-state index in [9.17, 15) is 4.79 Å². The van der Waals surface area contributed by atoms with Gasteiger partial charge in [0.15, 0.2) is 5.82 Å². The maximum atomic E-state index is 12.0. The Balaban J connectivity index is 1.70. The normalized spacial score (nSPS) is 12.5. The van der Waals surface area contributed by atoms with Crippen molar-refractivity contribution in [2.24, 2.45) is 5.73 Å². The number of nitrogens with zero attached hydrogens (tertiary/aromatic N) is 2. The molecule has 3 aromatic rings. The fraction of sp³-hybridized carbons (Fsp3) is 0.214. The van der Waals surface area contributed by atoms with Crippen LogP contribution >= 0.6 is 0 Å². The number of carbonyl (C=O) groups is 1. The number of carbonyl (C=O) groups excluding carboxylic acids is 1. The van der Waals surface area contributed by atoms with E-state index in [0.717, 1.165) is 16.5 Å². The summed E-state index contributed by atoms with van der Waals surface area (Å²) in [6, 6.07) is 7.24. The Morgan fingerprint density at radius 2 is 2.29 bits per heavy atom. The van der Waals surface area contributed by atoms with Crippen LogP contribution in [0.1, 0.15) is 11.4 Å². The van der Waals surface area contributed by atoms with Crippen LogP contribution in [0.3, 0.4) is 0 Å². The van der Waals surface area contributed by atoms with Crippen LogP contribution < -0.4 is 11.1 Å². The summed E-state index contributed by atoms with van der Waals surface area (Å²) in [5.41, 5.74) is 7.95. The van der Waals surface area contributed by atoms with Gasteiger partial charge in [-0.1, -0.05) is 23.4 Å². The second-order valence-electron chi connectivity index (χ2n) is 4.81. The Morgan fingerprint density at radius 3 is 3.05 bits per heavy atom. The monoisotopic (exact) mass is 285 g/mol. The first-order valence-corrected chi connectivity index (χ1v) is 6.55. The van der Waals surface area contributed by atoms with Crippen molar-refractivity contribution in [3.8, 4) is 0 Å². The number of hydrogen-bond acceptors (Lipinski definition) is 5. The van der Waals surface area contributed by atoms with E-state index in [1.165, 1.54) is 0 Å². The van der Waals surface area contributed by atoms with Gasteiger partial charge in [0, 0.05) is 17.1 Å². The number of fused-ring (bicyclic) bond motifs is 1. The summed E-state index contributed by atoms with van der Waals surface area (Å²) in [6.45, 7) is 1.67. The molecule has 0 aliphatic carbocycles. The summed E-state index contributed by atoms with van der Waals surface area (Å²) >= 11 is 0. The van der Waals surface area contributed by atoms with Crippen molar-refractivity contribution in [2.45, 2.75) is 19.4 Å². The van der Waals surface area contributed by atoms with E-state index in [1.807, 2.05) is 30.5 Å². The van der Waals surface area contributed by atoms with E-state index in [-0.39, 0.29) is 11.9 Å². The van der Waals surface area contributed by atoms with Crippen LogP contribution in [-0.2, 0) is 11.2 Å². The maximum absolute atomic E-state index is 12.0. The number of amides is 1. The smallest absolute Gasteiger partial charge is 0.328 e. The Kier molecular flexibility index (Phi) is 3.41. The first-order chi connectivity index (χ1) is 10.1. The quantitative estimate of drug-likeness (QED) is 0.670. The number of anilines is 1. The van der Waals surface area contributed by atoms with Gasteiger partial charge in [-0.2, -0.15) is 4.98 Å². The molecule has 7 nitrogen and oxygen atoms in total. The lowest BCUT2D eigenvalue weighted by Gasteiger charge is -2.09. The molecule has 0 unspecified atom stereocenters. The highest BCUT2D eigenvalue weighted by Crippen LogP contribution is 2.19. The Hall–Kier alpha value is -2.67. The minimum Gasteiger partial charge on any atom is -0.361 e. The molecule has 2 aromatic heterocycles. The first kappa shape index (κ1) is 13.3. The van der Waals surface area contributed by atoms with Gasteiger partial charge in [0.2, 0.25) is 5.91 Å². The maximum Gasteiger partial charge on any atom is 0.328 e. The number of aryl methyl sites for hydroxylation is 1. The fourth-order valence-electron chi connectivity index (χ4n) is 2.18. The lowest BCUT2D eigenvalue weighted by atomic mass is 10.1. The lowest BCUT2D eigenvalue weighted by molar-refractivity contribution is -0.117. The lowest BCUT2D eigenvalue weighted by Crippen LogP contribution is -2.37. The van der Waals surface area contributed by atoms with Gasteiger partial charge in [-0.3, -0.25) is 10.1 Å². The summed E-state index contributed by atoms with van der Waals surface area (Å²) in [6.07, 6.45) is 2.29. The average Bonchev–Trinajstić information content (AvgIpc) is 3.06. The van der Waals surface area contributed by atoms with Gasteiger partial charge >= 0.3 is 6.01 Å². The summed E-state index contributed by atoms with van der Waals surface area (Å²) in [5.74, 6) is 0.0967. The minimum atomic E-state index is -0.698. The minimum absolute atomic E-state index is 0.0619. The Labute approximate surface area is 120 Å². The van der Waals surface area contributed by atoms with Crippen LogP contribution in [0.2, 0.25) is 0 Å². The molecule has 0 aliphatic rings. The SMILES string of the molecule is Cc1noc(NC(=O)[C@@H](N)Cc2c[nH]c3ccccc23)n1. The number of nitrogens with two attached hydrogens (primary N) is 1. The van der Waals surface area contributed by atoms with Crippen LogP contribution in [0.25, 0.3) is 10.9 Å². The van der Waals surface area contributed by atoms with Gasteiger partial charge in [0.05, 0.1) is 6.04 Å². The number of H-pyrrole nitrogens is 1. The topological polar surface area (TPSA) is 110 Å². The molecule has 3 rings (SSSR count). The van der Waals surface area contributed by atoms with Gasteiger partial charge in [-0.15, -0.1) is 0 Å². The van der Waals surface area contributed by atoms with Gasteiger partial charge in [0.25, 0.3) is 0 Å². The van der Waals surface area contributed by atoms with Crippen molar-refractivity contribution >= 4 is 22.8 Å². The molecule has 7 heteroatoms. The standard InChI is InChI=1S/C14H15N5O2/c1-8-17-14(21-19-8)18-13(20)11(15)6-9-7-16-12-5-3-2-4-10(9)12/h2-5,7,11,16H,6,15H2,1H3,(H,17,18,19,20)/t11-/m0/s1. The van der Waals surface area contributed by atoms with E-state index >= 15 is 0 Å². The first-order valence-electron chi connectivity index (χ1n) is 6.55. The highest BCUT2D eigenvalue weighted by Gasteiger charge is 2.18. The van der Waals surface area contributed by atoms with Crippen molar-refractivity contribution in [2.75, 3.05) is 5.32 Å². The molecule has 0 aliphatic heterocycles. The molecule has 4 N–H and O–H groups in total.